The monoisotopic (exact) mass is 433 g/mol. The van der Waals surface area contributed by atoms with Gasteiger partial charge in [0.2, 0.25) is 0 Å². The van der Waals surface area contributed by atoms with Crippen molar-refractivity contribution >= 4 is 17.5 Å². The molecule has 4 rings (SSSR count). The first kappa shape index (κ1) is 22.1. The number of rotatable bonds is 6. The van der Waals surface area contributed by atoms with Gasteiger partial charge in [0, 0.05) is 25.2 Å². The summed E-state index contributed by atoms with van der Waals surface area (Å²) in [7, 11) is 0. The number of likely N-dealkylation sites (N-methyl/N-ethyl adjacent to an activating group) is 1. The third-order valence-corrected chi connectivity index (χ3v) is 6.29. The van der Waals surface area contributed by atoms with E-state index >= 15 is 0 Å². The summed E-state index contributed by atoms with van der Waals surface area (Å²) in [5.41, 5.74) is 5.44. The average molecular weight is 434 g/mol. The van der Waals surface area contributed by atoms with E-state index in [0.29, 0.717) is 18.0 Å². The van der Waals surface area contributed by atoms with E-state index in [0.717, 1.165) is 43.6 Å². The summed E-state index contributed by atoms with van der Waals surface area (Å²) in [6.45, 7) is 5.72. The van der Waals surface area contributed by atoms with E-state index in [-0.39, 0.29) is 11.8 Å². The minimum Gasteiger partial charge on any atom is -0.353 e. The Kier molecular flexibility index (Phi) is 6.61. The van der Waals surface area contributed by atoms with Gasteiger partial charge in [-0.2, -0.15) is 0 Å². The van der Waals surface area contributed by atoms with Crippen LogP contribution in [-0.2, 0) is 16.1 Å². The predicted molar refractivity (Wildman–Crippen MR) is 125 cm³/mol. The zero-order valence-electron chi connectivity index (χ0n) is 18.8. The molecule has 2 amide bonds. The zero-order chi connectivity index (χ0) is 22.6. The summed E-state index contributed by atoms with van der Waals surface area (Å²) in [5, 5.41) is 2.78. The van der Waals surface area contributed by atoms with Gasteiger partial charge < -0.3 is 10.2 Å². The maximum Gasteiger partial charge on any atom is 0.258 e. The third kappa shape index (κ3) is 4.86. The van der Waals surface area contributed by atoms with E-state index < -0.39 is 5.60 Å². The molecule has 168 valence electrons. The molecule has 0 bridgehead atoms. The molecule has 1 unspecified atom stereocenters. The van der Waals surface area contributed by atoms with Gasteiger partial charge in [0.1, 0.15) is 0 Å². The fourth-order valence-electron chi connectivity index (χ4n) is 4.35. The van der Waals surface area contributed by atoms with Crippen LogP contribution in [0.5, 0.6) is 0 Å². The molecule has 2 aliphatic rings. The van der Waals surface area contributed by atoms with Crippen molar-refractivity contribution in [3.05, 3.63) is 77.4 Å². The summed E-state index contributed by atoms with van der Waals surface area (Å²) >= 11 is 0. The lowest BCUT2D eigenvalue weighted by Crippen LogP contribution is -2.44. The number of likely N-dealkylation sites (tertiary alicyclic amines) is 1. The van der Waals surface area contributed by atoms with Crippen LogP contribution in [0.25, 0.3) is 5.70 Å². The standard InChI is InChI=1S/C26H31N3O3/c1-3-27-25(31)26(2)18-23(28-32-26)21-9-11-22(12-10-21)24(30)29-15-13-20(14-16-29)17-19-7-5-4-6-8-19/h4-12,18,20,28H,3,13-17H2,1-2H3,(H,27,31). The minimum absolute atomic E-state index is 0.0754. The Labute approximate surface area is 189 Å². The van der Waals surface area contributed by atoms with Gasteiger partial charge in [-0.3, -0.25) is 19.9 Å². The van der Waals surface area contributed by atoms with Crippen LogP contribution in [0.1, 0.15) is 48.2 Å². The lowest BCUT2D eigenvalue weighted by Gasteiger charge is -2.32. The van der Waals surface area contributed by atoms with Gasteiger partial charge in [0.15, 0.2) is 5.60 Å². The first-order chi connectivity index (χ1) is 15.5. The number of nitrogens with one attached hydrogen (secondary N) is 2. The molecule has 6 nitrogen and oxygen atoms in total. The molecular weight excluding hydrogens is 402 g/mol. The Morgan fingerprint density at radius 2 is 1.78 bits per heavy atom. The van der Waals surface area contributed by atoms with Crippen molar-refractivity contribution in [2.45, 2.75) is 38.7 Å². The predicted octanol–water partition coefficient (Wildman–Crippen LogP) is 3.55. The zero-order valence-corrected chi connectivity index (χ0v) is 18.8. The minimum atomic E-state index is -1.05. The van der Waals surface area contributed by atoms with Crippen LogP contribution in [0.3, 0.4) is 0 Å². The van der Waals surface area contributed by atoms with E-state index in [1.807, 2.05) is 42.2 Å². The SMILES string of the molecule is CCNC(=O)C1(C)C=C(c2ccc(C(=O)N3CCC(Cc4ccccc4)CC3)cc2)NO1. The molecule has 0 saturated carbocycles. The van der Waals surface area contributed by atoms with Crippen LogP contribution in [-0.4, -0.2) is 41.9 Å². The maximum absolute atomic E-state index is 13.0. The van der Waals surface area contributed by atoms with Crippen molar-refractivity contribution in [3.63, 3.8) is 0 Å². The quantitative estimate of drug-likeness (QED) is 0.731. The second-order valence-corrected chi connectivity index (χ2v) is 8.73. The highest BCUT2D eigenvalue weighted by Crippen LogP contribution is 2.27. The first-order valence-corrected chi connectivity index (χ1v) is 11.4. The summed E-state index contributed by atoms with van der Waals surface area (Å²) in [5.74, 6) is 0.514. The fourth-order valence-corrected chi connectivity index (χ4v) is 4.35. The van der Waals surface area contributed by atoms with E-state index in [1.165, 1.54) is 5.56 Å². The van der Waals surface area contributed by atoms with Crippen molar-refractivity contribution in [1.82, 2.24) is 15.7 Å². The molecule has 32 heavy (non-hydrogen) atoms. The second-order valence-electron chi connectivity index (χ2n) is 8.73. The van der Waals surface area contributed by atoms with Gasteiger partial charge >= 0.3 is 0 Å². The molecule has 0 aliphatic carbocycles. The Bertz CT molecular complexity index is 979. The topological polar surface area (TPSA) is 70.7 Å². The van der Waals surface area contributed by atoms with Gasteiger partial charge in [-0.15, -0.1) is 0 Å². The molecule has 2 heterocycles. The summed E-state index contributed by atoms with van der Waals surface area (Å²) in [6.07, 6.45) is 4.92. The Morgan fingerprint density at radius 1 is 1.09 bits per heavy atom. The molecule has 0 spiro atoms. The highest BCUT2D eigenvalue weighted by molar-refractivity contribution is 5.95. The number of carbonyl (C=O) groups excluding carboxylic acids is 2. The van der Waals surface area contributed by atoms with Crippen LogP contribution in [0.2, 0.25) is 0 Å². The van der Waals surface area contributed by atoms with Gasteiger partial charge in [-0.05, 0) is 68.4 Å². The van der Waals surface area contributed by atoms with Crippen molar-refractivity contribution in [2.24, 2.45) is 5.92 Å². The van der Waals surface area contributed by atoms with Gasteiger partial charge in [-0.1, -0.05) is 42.5 Å². The van der Waals surface area contributed by atoms with Crippen LogP contribution >= 0.6 is 0 Å². The van der Waals surface area contributed by atoms with E-state index in [4.69, 9.17) is 4.84 Å². The number of piperidine rings is 1. The second kappa shape index (κ2) is 9.57. The Morgan fingerprint density at radius 3 is 2.44 bits per heavy atom. The number of hydroxylamine groups is 1. The molecule has 6 heteroatoms. The number of nitrogens with zero attached hydrogens (tertiary/aromatic N) is 1. The smallest absolute Gasteiger partial charge is 0.258 e. The largest absolute Gasteiger partial charge is 0.353 e. The van der Waals surface area contributed by atoms with Crippen molar-refractivity contribution < 1.29 is 14.4 Å². The molecular formula is C26H31N3O3. The van der Waals surface area contributed by atoms with Crippen LogP contribution < -0.4 is 10.8 Å². The van der Waals surface area contributed by atoms with Crippen molar-refractivity contribution in [3.8, 4) is 0 Å². The van der Waals surface area contributed by atoms with Crippen LogP contribution in [0.15, 0.2) is 60.7 Å². The molecule has 0 radical (unpaired) electrons. The number of benzene rings is 2. The van der Waals surface area contributed by atoms with Gasteiger partial charge in [0.05, 0.1) is 5.70 Å². The normalized spacial score (nSPS) is 21.1. The highest BCUT2D eigenvalue weighted by Gasteiger charge is 2.37. The molecule has 2 aromatic carbocycles. The van der Waals surface area contributed by atoms with E-state index in [2.05, 4.69) is 35.1 Å². The molecule has 1 atom stereocenters. The van der Waals surface area contributed by atoms with Crippen molar-refractivity contribution in [1.29, 1.82) is 0 Å². The fraction of sp³-hybridized carbons (Fsp3) is 0.385. The summed E-state index contributed by atoms with van der Waals surface area (Å²) in [6, 6.07) is 18.0. The van der Waals surface area contributed by atoms with Gasteiger partial charge in [0.25, 0.3) is 11.8 Å². The Hall–Kier alpha value is -3.12. The lowest BCUT2D eigenvalue weighted by molar-refractivity contribution is -0.141. The summed E-state index contributed by atoms with van der Waals surface area (Å²) in [4.78, 5) is 32.7. The summed E-state index contributed by atoms with van der Waals surface area (Å²) < 4.78 is 0. The van der Waals surface area contributed by atoms with Crippen molar-refractivity contribution in [2.75, 3.05) is 19.6 Å². The third-order valence-electron chi connectivity index (χ3n) is 6.29. The number of carbonyl (C=O) groups is 2. The molecule has 2 aliphatic heterocycles. The lowest BCUT2D eigenvalue weighted by atomic mass is 9.90. The van der Waals surface area contributed by atoms with Gasteiger partial charge in [-0.25, -0.2) is 0 Å². The molecule has 2 N–H and O–H groups in total. The molecule has 1 saturated heterocycles. The number of amides is 2. The highest BCUT2D eigenvalue weighted by atomic mass is 16.7. The molecule has 0 aromatic heterocycles. The number of hydrogen-bond acceptors (Lipinski definition) is 4. The van der Waals surface area contributed by atoms with Crippen LogP contribution in [0, 0.1) is 5.92 Å². The molecule has 1 fully saturated rings. The van der Waals surface area contributed by atoms with Crippen LogP contribution in [0.4, 0.5) is 0 Å². The average Bonchev–Trinajstić information content (AvgIpc) is 3.24. The maximum atomic E-state index is 13.0. The Balaban J connectivity index is 1.34. The van der Waals surface area contributed by atoms with E-state index in [9.17, 15) is 9.59 Å². The molecule has 2 aromatic rings. The number of hydrogen-bond donors (Lipinski definition) is 2. The first-order valence-electron chi connectivity index (χ1n) is 11.4. The van der Waals surface area contributed by atoms with E-state index in [1.54, 1.807) is 13.0 Å².